The number of fused-ring (bicyclic) bond motifs is 1. The van der Waals surface area contributed by atoms with E-state index in [9.17, 15) is 19.5 Å². The smallest absolute Gasteiger partial charge is 0.332 e. The van der Waals surface area contributed by atoms with Crippen molar-refractivity contribution in [1.29, 1.82) is 0 Å². The summed E-state index contributed by atoms with van der Waals surface area (Å²) in [6, 6.07) is 1.72. The van der Waals surface area contributed by atoms with Crippen molar-refractivity contribution < 1.29 is 14.6 Å². The summed E-state index contributed by atoms with van der Waals surface area (Å²) in [5, 5.41) is 15.1. The number of aromatic hydroxyl groups is 1. The van der Waals surface area contributed by atoms with Gasteiger partial charge in [-0.1, -0.05) is 0 Å². The molecule has 0 fully saturated rings. The fraction of sp³-hybridized carbons (Fsp3) is 0.267. The number of nitrogens with zero attached hydrogens (tertiary/aromatic N) is 2. The molecule has 0 saturated carbocycles. The largest absolute Gasteiger partial charge is 0.503 e. The van der Waals surface area contributed by atoms with E-state index in [1.165, 1.54) is 31.8 Å². The number of nitrogens with one attached hydrogen (secondary N) is 2. The number of hydrogen-bond acceptors (Lipinski definition) is 5. The number of urea groups is 1. The number of carbonyl (C=O) groups is 1. The Hall–Kier alpha value is -2.75. The number of aromatic nitrogens is 2. The minimum Gasteiger partial charge on any atom is -0.503 e. The maximum atomic E-state index is 12.6. The maximum absolute atomic E-state index is 12.6. The van der Waals surface area contributed by atoms with Gasteiger partial charge >= 0.3 is 11.7 Å². The van der Waals surface area contributed by atoms with Crippen LogP contribution in [0.4, 0.5) is 10.6 Å². The summed E-state index contributed by atoms with van der Waals surface area (Å²) < 4.78 is 7.64. The molecule has 1 atom stereocenters. The fourth-order valence-corrected chi connectivity index (χ4v) is 3.25. The van der Waals surface area contributed by atoms with Gasteiger partial charge in [0.15, 0.2) is 11.5 Å². The average molecular weight is 411 g/mol. The Kier molecular flexibility index (Phi) is 4.07. The number of carbonyl (C=O) groups excluding carboxylic acids is 1. The maximum Gasteiger partial charge on any atom is 0.332 e. The lowest BCUT2D eigenvalue weighted by atomic mass is 9.98. The molecule has 3 rings (SSSR count). The number of phenolic OH excluding ortho intramolecular Hbond substituents is 1. The Morgan fingerprint density at radius 3 is 2.52 bits per heavy atom. The number of amides is 2. The Balaban J connectivity index is 2.32. The van der Waals surface area contributed by atoms with E-state index < -0.39 is 23.3 Å². The lowest BCUT2D eigenvalue weighted by molar-refractivity contribution is 0.248. The van der Waals surface area contributed by atoms with Crippen molar-refractivity contribution in [1.82, 2.24) is 14.5 Å². The molecule has 2 amide bonds. The molecule has 0 spiro atoms. The Labute approximate surface area is 150 Å². The summed E-state index contributed by atoms with van der Waals surface area (Å²) in [4.78, 5) is 36.8. The van der Waals surface area contributed by atoms with Crippen molar-refractivity contribution in [2.75, 3.05) is 12.4 Å². The predicted molar refractivity (Wildman–Crippen MR) is 93.3 cm³/mol. The van der Waals surface area contributed by atoms with Gasteiger partial charge in [-0.3, -0.25) is 19.2 Å². The average Bonchev–Trinajstić information content (AvgIpc) is 2.59. The van der Waals surface area contributed by atoms with E-state index in [-0.39, 0.29) is 22.9 Å². The molecule has 0 aliphatic carbocycles. The molecule has 2 heterocycles. The van der Waals surface area contributed by atoms with E-state index in [1.807, 2.05) is 0 Å². The zero-order chi connectivity index (χ0) is 18.5. The van der Waals surface area contributed by atoms with Crippen LogP contribution in [0.15, 0.2) is 26.2 Å². The minimum absolute atomic E-state index is 0.0971. The minimum atomic E-state index is -0.819. The summed E-state index contributed by atoms with van der Waals surface area (Å²) >= 11 is 3.22. The van der Waals surface area contributed by atoms with Crippen LogP contribution >= 0.6 is 15.9 Å². The van der Waals surface area contributed by atoms with Crippen LogP contribution in [0.5, 0.6) is 11.5 Å². The second-order valence-corrected chi connectivity index (χ2v) is 6.41. The first kappa shape index (κ1) is 17.1. The standard InChI is InChI=1S/C15H15BrN4O5/c1-19-12-9(13(22)20(2)15(19)24)10(17-14(23)18-12)6-4-7(16)11(21)8(5-6)25-3/h4-5,10,21H,1-3H3,(H2,17,18,23)/t10-/m0/s1. The molecule has 25 heavy (non-hydrogen) atoms. The quantitative estimate of drug-likeness (QED) is 0.676. The van der Waals surface area contributed by atoms with E-state index in [0.29, 0.717) is 10.0 Å². The first-order valence-electron chi connectivity index (χ1n) is 7.20. The Morgan fingerprint density at radius 2 is 1.88 bits per heavy atom. The molecular formula is C15H15BrN4O5. The van der Waals surface area contributed by atoms with Crippen molar-refractivity contribution in [2.24, 2.45) is 14.1 Å². The second-order valence-electron chi connectivity index (χ2n) is 5.55. The number of ether oxygens (including phenoxy) is 1. The van der Waals surface area contributed by atoms with Crippen molar-refractivity contribution in [3.8, 4) is 11.5 Å². The highest BCUT2D eigenvalue weighted by Crippen LogP contribution is 2.39. The molecular weight excluding hydrogens is 396 g/mol. The lowest BCUT2D eigenvalue weighted by Crippen LogP contribution is -2.49. The van der Waals surface area contributed by atoms with E-state index in [1.54, 1.807) is 6.07 Å². The Morgan fingerprint density at radius 1 is 1.20 bits per heavy atom. The number of halogens is 1. The molecule has 10 heteroatoms. The van der Waals surface area contributed by atoms with Crippen molar-refractivity contribution in [3.05, 3.63) is 48.6 Å². The predicted octanol–water partition coefficient (Wildman–Crippen LogP) is 0.785. The van der Waals surface area contributed by atoms with E-state index >= 15 is 0 Å². The molecule has 0 unspecified atom stereocenters. The lowest BCUT2D eigenvalue weighted by Gasteiger charge is -2.29. The van der Waals surface area contributed by atoms with E-state index in [2.05, 4.69) is 26.6 Å². The van der Waals surface area contributed by atoms with Crippen LogP contribution in [0.2, 0.25) is 0 Å². The van der Waals surface area contributed by atoms with Gasteiger partial charge in [-0.15, -0.1) is 0 Å². The molecule has 0 saturated heterocycles. The number of benzene rings is 1. The monoisotopic (exact) mass is 410 g/mol. The summed E-state index contributed by atoms with van der Waals surface area (Å²) in [5.74, 6) is 0.213. The van der Waals surface area contributed by atoms with Crippen LogP contribution in [0.25, 0.3) is 0 Å². The molecule has 1 aliphatic rings. The van der Waals surface area contributed by atoms with Crippen molar-refractivity contribution in [3.63, 3.8) is 0 Å². The van der Waals surface area contributed by atoms with Gasteiger partial charge in [-0.2, -0.15) is 0 Å². The molecule has 3 N–H and O–H groups in total. The number of methoxy groups -OCH3 is 1. The van der Waals surface area contributed by atoms with Gasteiger partial charge in [0, 0.05) is 14.1 Å². The highest BCUT2D eigenvalue weighted by molar-refractivity contribution is 9.10. The first-order chi connectivity index (χ1) is 11.8. The molecule has 9 nitrogen and oxygen atoms in total. The molecule has 1 aromatic heterocycles. The van der Waals surface area contributed by atoms with Crippen LogP contribution in [-0.4, -0.2) is 27.4 Å². The molecule has 0 radical (unpaired) electrons. The third-order valence-corrected chi connectivity index (χ3v) is 4.70. The highest BCUT2D eigenvalue weighted by atomic mass is 79.9. The summed E-state index contributed by atoms with van der Waals surface area (Å²) in [6.07, 6.45) is 0. The SMILES string of the molecule is COc1cc([C@@H]2NC(=O)Nc3c2c(=O)n(C)c(=O)n3C)cc(Br)c1O. The van der Waals surface area contributed by atoms with Crippen LogP contribution in [0, 0.1) is 0 Å². The van der Waals surface area contributed by atoms with Crippen LogP contribution in [0.1, 0.15) is 17.2 Å². The normalized spacial score (nSPS) is 16.0. The zero-order valence-corrected chi connectivity index (χ0v) is 15.2. The number of anilines is 1. The fourth-order valence-electron chi connectivity index (χ4n) is 2.79. The van der Waals surface area contributed by atoms with E-state index in [4.69, 9.17) is 4.74 Å². The summed E-state index contributed by atoms with van der Waals surface area (Å²) in [6.45, 7) is 0. The second kappa shape index (κ2) is 5.96. The molecule has 0 bridgehead atoms. The van der Waals surface area contributed by atoms with E-state index in [0.717, 1.165) is 4.57 Å². The number of hydrogen-bond donors (Lipinski definition) is 3. The van der Waals surface area contributed by atoms with Gasteiger partial charge in [0.2, 0.25) is 0 Å². The third-order valence-electron chi connectivity index (χ3n) is 4.10. The van der Waals surface area contributed by atoms with Crippen molar-refractivity contribution in [2.45, 2.75) is 6.04 Å². The summed E-state index contributed by atoms with van der Waals surface area (Å²) in [7, 11) is 4.23. The topological polar surface area (TPSA) is 115 Å². The van der Waals surface area contributed by atoms with Gasteiger partial charge in [0.25, 0.3) is 5.56 Å². The van der Waals surface area contributed by atoms with Crippen LogP contribution in [0.3, 0.4) is 0 Å². The van der Waals surface area contributed by atoms with Gasteiger partial charge < -0.3 is 15.2 Å². The summed E-state index contributed by atoms with van der Waals surface area (Å²) in [5.41, 5.74) is -0.356. The molecule has 1 aromatic carbocycles. The van der Waals surface area contributed by atoms with Gasteiger partial charge in [0.05, 0.1) is 23.2 Å². The molecule has 1 aliphatic heterocycles. The zero-order valence-electron chi connectivity index (χ0n) is 13.6. The molecule has 2 aromatic rings. The number of rotatable bonds is 2. The van der Waals surface area contributed by atoms with Crippen molar-refractivity contribution >= 4 is 27.8 Å². The van der Waals surface area contributed by atoms with Crippen LogP contribution in [-0.2, 0) is 14.1 Å². The van der Waals surface area contributed by atoms with Crippen LogP contribution < -0.4 is 26.6 Å². The first-order valence-corrected chi connectivity index (χ1v) is 7.99. The Bertz CT molecular complexity index is 1010. The van der Waals surface area contributed by atoms with Gasteiger partial charge in [-0.25, -0.2) is 9.59 Å². The molecule has 132 valence electrons. The van der Waals surface area contributed by atoms with Gasteiger partial charge in [0.1, 0.15) is 5.82 Å². The highest BCUT2D eigenvalue weighted by Gasteiger charge is 2.32. The third kappa shape index (κ3) is 2.58. The van der Waals surface area contributed by atoms with Gasteiger partial charge in [-0.05, 0) is 33.6 Å². The number of phenols is 1.